The Bertz CT molecular complexity index is 608. The highest BCUT2D eigenvalue weighted by atomic mass is 16.3. The molecule has 0 unspecified atom stereocenters. The van der Waals surface area contributed by atoms with Gasteiger partial charge in [-0.1, -0.05) is 6.07 Å². The first kappa shape index (κ1) is 17.0. The zero-order chi connectivity index (χ0) is 17.1. The van der Waals surface area contributed by atoms with E-state index in [2.05, 4.69) is 0 Å². The molecule has 2 amide bonds. The van der Waals surface area contributed by atoms with E-state index in [1.807, 2.05) is 36.2 Å². The molecule has 1 heterocycles. The molecule has 1 aliphatic carbocycles. The number of nitrogens with zero attached hydrogens (tertiary/aromatic N) is 2. The minimum Gasteiger partial charge on any atom is -0.396 e. The van der Waals surface area contributed by atoms with Crippen LogP contribution in [0.3, 0.4) is 0 Å². The second-order valence-electron chi connectivity index (χ2n) is 6.97. The van der Waals surface area contributed by atoms with Crippen LogP contribution in [0.1, 0.15) is 48.9 Å². The van der Waals surface area contributed by atoms with Gasteiger partial charge in [0.1, 0.15) is 0 Å². The lowest BCUT2D eigenvalue weighted by Crippen LogP contribution is -2.40. The maximum atomic E-state index is 12.8. The summed E-state index contributed by atoms with van der Waals surface area (Å²) in [4.78, 5) is 28.3. The molecule has 0 bridgehead atoms. The van der Waals surface area contributed by atoms with Crippen molar-refractivity contribution in [2.75, 3.05) is 25.1 Å². The van der Waals surface area contributed by atoms with Crippen LogP contribution < -0.4 is 4.90 Å². The number of carbonyl (C=O) groups excluding carboxylic acids is 2. The lowest BCUT2D eigenvalue weighted by molar-refractivity contribution is -0.117. The minimum atomic E-state index is 0.0101. The fourth-order valence-electron chi connectivity index (χ4n) is 3.81. The van der Waals surface area contributed by atoms with E-state index in [0.29, 0.717) is 17.9 Å². The van der Waals surface area contributed by atoms with Crippen molar-refractivity contribution in [3.05, 3.63) is 29.8 Å². The van der Waals surface area contributed by atoms with Crippen LogP contribution in [-0.2, 0) is 4.79 Å². The lowest BCUT2D eigenvalue weighted by atomic mass is 9.86. The fraction of sp³-hybridized carbons (Fsp3) is 0.579. The quantitative estimate of drug-likeness (QED) is 0.922. The summed E-state index contributed by atoms with van der Waals surface area (Å²) in [5.74, 6) is 0.528. The first-order chi connectivity index (χ1) is 11.6. The number of hydrogen-bond donors (Lipinski definition) is 1. The van der Waals surface area contributed by atoms with E-state index >= 15 is 0 Å². The van der Waals surface area contributed by atoms with Crippen molar-refractivity contribution in [3.63, 3.8) is 0 Å². The average molecular weight is 330 g/mol. The molecule has 5 nitrogen and oxygen atoms in total. The number of carbonyl (C=O) groups is 2. The van der Waals surface area contributed by atoms with Crippen molar-refractivity contribution in [1.29, 1.82) is 0 Å². The van der Waals surface area contributed by atoms with Gasteiger partial charge in [0, 0.05) is 43.9 Å². The Morgan fingerprint density at radius 3 is 2.67 bits per heavy atom. The molecule has 1 aromatic rings. The molecule has 130 valence electrons. The van der Waals surface area contributed by atoms with Crippen molar-refractivity contribution in [3.8, 4) is 0 Å². The van der Waals surface area contributed by atoms with Crippen LogP contribution >= 0.6 is 0 Å². The monoisotopic (exact) mass is 330 g/mol. The second kappa shape index (κ2) is 7.34. The highest BCUT2D eigenvalue weighted by Crippen LogP contribution is 2.28. The minimum absolute atomic E-state index is 0.0101. The summed E-state index contributed by atoms with van der Waals surface area (Å²) in [5, 5.41) is 9.25. The van der Waals surface area contributed by atoms with Gasteiger partial charge in [-0.05, 0) is 56.2 Å². The molecule has 2 aliphatic rings. The Labute approximate surface area is 143 Å². The van der Waals surface area contributed by atoms with Gasteiger partial charge in [0.25, 0.3) is 5.91 Å². The molecule has 0 atom stereocenters. The molecule has 5 heteroatoms. The number of aliphatic hydroxyl groups is 1. The first-order valence-electron chi connectivity index (χ1n) is 8.88. The Kier molecular flexibility index (Phi) is 5.19. The van der Waals surface area contributed by atoms with Gasteiger partial charge in [0.05, 0.1) is 0 Å². The van der Waals surface area contributed by atoms with Gasteiger partial charge in [-0.25, -0.2) is 0 Å². The molecule has 1 saturated heterocycles. The van der Waals surface area contributed by atoms with Crippen LogP contribution in [0.4, 0.5) is 5.69 Å². The highest BCUT2D eigenvalue weighted by molar-refractivity contribution is 5.99. The normalized spacial score (nSPS) is 24.2. The summed E-state index contributed by atoms with van der Waals surface area (Å²) in [6.45, 7) is 0.980. The summed E-state index contributed by atoms with van der Waals surface area (Å²) < 4.78 is 0. The van der Waals surface area contributed by atoms with E-state index in [9.17, 15) is 14.7 Å². The van der Waals surface area contributed by atoms with Gasteiger partial charge in [-0.15, -0.1) is 0 Å². The fourth-order valence-corrected chi connectivity index (χ4v) is 3.81. The molecule has 1 aromatic carbocycles. The SMILES string of the molecule is CN(C(=O)c1cccc(N2CCCC2=O)c1)C1CCC(CO)CC1. The summed E-state index contributed by atoms with van der Waals surface area (Å²) in [6, 6.07) is 7.64. The van der Waals surface area contributed by atoms with E-state index in [-0.39, 0.29) is 24.5 Å². The van der Waals surface area contributed by atoms with Crippen LogP contribution in [0.5, 0.6) is 0 Å². The summed E-state index contributed by atoms with van der Waals surface area (Å²) in [5.41, 5.74) is 1.46. The lowest BCUT2D eigenvalue weighted by Gasteiger charge is -2.34. The van der Waals surface area contributed by atoms with E-state index in [1.165, 1.54) is 0 Å². The third-order valence-electron chi connectivity index (χ3n) is 5.42. The van der Waals surface area contributed by atoms with Gasteiger partial charge in [-0.3, -0.25) is 9.59 Å². The predicted molar refractivity (Wildman–Crippen MR) is 93.0 cm³/mol. The van der Waals surface area contributed by atoms with Crippen LogP contribution in [0.25, 0.3) is 0 Å². The molecule has 1 N–H and O–H groups in total. The molecular formula is C19H26N2O3. The molecule has 0 spiro atoms. The Balaban J connectivity index is 1.69. The molecule has 1 aliphatic heterocycles. The Morgan fingerprint density at radius 2 is 2.04 bits per heavy atom. The topological polar surface area (TPSA) is 60.9 Å². The van der Waals surface area contributed by atoms with E-state index < -0.39 is 0 Å². The molecule has 2 fully saturated rings. The van der Waals surface area contributed by atoms with Crippen LogP contribution in [0.15, 0.2) is 24.3 Å². The van der Waals surface area contributed by atoms with Gasteiger partial charge in [0.15, 0.2) is 0 Å². The van der Waals surface area contributed by atoms with E-state index in [4.69, 9.17) is 0 Å². The van der Waals surface area contributed by atoms with Crippen molar-refractivity contribution >= 4 is 17.5 Å². The zero-order valence-corrected chi connectivity index (χ0v) is 14.3. The molecule has 1 saturated carbocycles. The van der Waals surface area contributed by atoms with E-state index in [0.717, 1.165) is 44.3 Å². The summed E-state index contributed by atoms with van der Waals surface area (Å²) >= 11 is 0. The van der Waals surface area contributed by atoms with Crippen LogP contribution in [0.2, 0.25) is 0 Å². The third kappa shape index (κ3) is 3.46. The number of benzene rings is 1. The summed E-state index contributed by atoms with van der Waals surface area (Å²) in [7, 11) is 1.86. The summed E-state index contributed by atoms with van der Waals surface area (Å²) in [6.07, 6.45) is 5.30. The van der Waals surface area contributed by atoms with Gasteiger partial charge >= 0.3 is 0 Å². The second-order valence-corrected chi connectivity index (χ2v) is 6.97. The Hall–Kier alpha value is -1.88. The maximum Gasteiger partial charge on any atom is 0.253 e. The van der Waals surface area contributed by atoms with E-state index in [1.54, 1.807) is 4.90 Å². The molecule has 3 rings (SSSR count). The van der Waals surface area contributed by atoms with Gasteiger partial charge in [-0.2, -0.15) is 0 Å². The van der Waals surface area contributed by atoms with Crippen molar-refractivity contribution in [2.45, 2.75) is 44.6 Å². The molecular weight excluding hydrogens is 304 g/mol. The van der Waals surface area contributed by atoms with Crippen molar-refractivity contribution in [2.24, 2.45) is 5.92 Å². The largest absolute Gasteiger partial charge is 0.396 e. The van der Waals surface area contributed by atoms with Crippen molar-refractivity contribution in [1.82, 2.24) is 4.90 Å². The highest BCUT2D eigenvalue weighted by Gasteiger charge is 2.27. The Morgan fingerprint density at radius 1 is 1.29 bits per heavy atom. The van der Waals surface area contributed by atoms with Gasteiger partial charge < -0.3 is 14.9 Å². The number of rotatable bonds is 4. The number of hydrogen-bond acceptors (Lipinski definition) is 3. The average Bonchev–Trinajstić information content (AvgIpc) is 3.06. The first-order valence-corrected chi connectivity index (χ1v) is 8.88. The predicted octanol–water partition coefficient (Wildman–Crippen LogP) is 2.44. The number of amides is 2. The number of anilines is 1. The maximum absolute atomic E-state index is 12.8. The van der Waals surface area contributed by atoms with Crippen LogP contribution in [0, 0.1) is 5.92 Å². The van der Waals surface area contributed by atoms with Crippen molar-refractivity contribution < 1.29 is 14.7 Å². The number of aliphatic hydroxyl groups excluding tert-OH is 1. The molecule has 0 aromatic heterocycles. The molecule has 0 radical (unpaired) electrons. The third-order valence-corrected chi connectivity index (χ3v) is 5.42. The molecule has 24 heavy (non-hydrogen) atoms. The smallest absolute Gasteiger partial charge is 0.253 e. The van der Waals surface area contributed by atoms with Crippen LogP contribution in [-0.4, -0.2) is 48.1 Å². The van der Waals surface area contributed by atoms with Gasteiger partial charge in [0.2, 0.25) is 5.91 Å². The zero-order valence-electron chi connectivity index (χ0n) is 14.3. The standard InChI is InChI=1S/C19H26N2O3/c1-20(16-9-7-14(13-22)8-10-16)19(24)15-4-2-5-17(12-15)21-11-3-6-18(21)23/h2,4-5,12,14,16,22H,3,6-11,13H2,1H3.